The maximum absolute atomic E-state index is 10.8. The van der Waals surface area contributed by atoms with Gasteiger partial charge in [-0.15, -0.1) is 0 Å². The number of nitrogens with zero attached hydrogens (tertiary/aromatic N) is 2. The summed E-state index contributed by atoms with van der Waals surface area (Å²) in [4.78, 5) is 10.4. The second kappa shape index (κ2) is 8.97. The molecule has 0 aliphatic carbocycles. The number of thioether (sulfide) groups is 1. The molecular weight excluding hydrogens is 344 g/mol. The number of nitro benzene ring substituents is 1. The Balaban J connectivity index is 1.64. The van der Waals surface area contributed by atoms with E-state index in [0.717, 1.165) is 16.3 Å². The second-order valence-corrected chi connectivity index (χ2v) is 6.75. The smallest absolute Gasteiger partial charge is 0.258 e. The second-order valence-electron chi connectivity index (χ2n) is 5.71. The highest BCUT2D eigenvalue weighted by atomic mass is 32.2. The molecule has 5 heteroatoms. The third-order valence-corrected chi connectivity index (χ3v) is 4.86. The zero-order chi connectivity index (χ0) is 18.2. The summed E-state index contributed by atoms with van der Waals surface area (Å²) in [6, 6.07) is 23.1. The van der Waals surface area contributed by atoms with Crippen molar-refractivity contribution in [3.63, 3.8) is 0 Å². The zero-order valence-corrected chi connectivity index (χ0v) is 15.0. The minimum atomic E-state index is -0.375. The molecule has 3 aromatic rings. The highest BCUT2D eigenvalue weighted by Gasteiger charge is 2.12. The molecule has 0 atom stereocenters. The first-order valence-electron chi connectivity index (χ1n) is 8.28. The van der Waals surface area contributed by atoms with Crippen LogP contribution in [0.4, 0.5) is 5.69 Å². The first kappa shape index (κ1) is 17.9. The lowest BCUT2D eigenvalue weighted by Gasteiger charge is -2.03. The van der Waals surface area contributed by atoms with E-state index in [9.17, 15) is 10.1 Å². The summed E-state index contributed by atoms with van der Waals surface area (Å²) in [7, 11) is 0. The fraction of sp³-hybridized carbons (Fsp3) is 0.0952. The van der Waals surface area contributed by atoms with Crippen molar-refractivity contribution >= 4 is 23.5 Å². The lowest BCUT2D eigenvalue weighted by molar-refractivity contribution is -0.724. The number of hydrogen-bond acceptors (Lipinski definition) is 3. The van der Waals surface area contributed by atoms with Crippen LogP contribution in [-0.4, -0.2) is 10.7 Å². The van der Waals surface area contributed by atoms with Crippen molar-refractivity contribution in [2.75, 3.05) is 5.75 Å². The van der Waals surface area contributed by atoms with E-state index in [0.29, 0.717) is 6.54 Å². The molecule has 4 nitrogen and oxygen atoms in total. The Labute approximate surface area is 157 Å². The first-order chi connectivity index (χ1) is 12.7. The van der Waals surface area contributed by atoms with Gasteiger partial charge in [-0.25, -0.2) is 0 Å². The molecule has 0 aliphatic rings. The summed E-state index contributed by atoms with van der Waals surface area (Å²) in [5.41, 5.74) is 2.35. The summed E-state index contributed by atoms with van der Waals surface area (Å²) in [6.07, 6.45) is 6.31. The van der Waals surface area contributed by atoms with E-state index >= 15 is 0 Å². The molecule has 2 aromatic carbocycles. The van der Waals surface area contributed by atoms with Crippen LogP contribution in [0, 0.1) is 10.1 Å². The number of aromatic nitrogens is 1. The van der Waals surface area contributed by atoms with Crippen molar-refractivity contribution in [3.05, 3.63) is 106 Å². The van der Waals surface area contributed by atoms with Gasteiger partial charge in [0.15, 0.2) is 12.7 Å². The van der Waals surface area contributed by atoms with E-state index in [1.165, 1.54) is 5.56 Å². The van der Waals surface area contributed by atoms with Gasteiger partial charge in [0, 0.05) is 35.6 Å². The molecule has 0 unspecified atom stereocenters. The van der Waals surface area contributed by atoms with E-state index in [4.69, 9.17) is 0 Å². The SMILES string of the molecule is O=[N+]([O-])c1ccc(C[n+]2ccccc2SCC=Cc2ccccc2)cc1. The van der Waals surface area contributed by atoms with Crippen molar-refractivity contribution < 1.29 is 9.49 Å². The van der Waals surface area contributed by atoms with Crippen molar-refractivity contribution in [3.8, 4) is 0 Å². The number of non-ortho nitro benzene ring substituents is 1. The molecule has 130 valence electrons. The molecule has 1 heterocycles. The lowest BCUT2D eigenvalue weighted by atomic mass is 10.2. The Morgan fingerprint density at radius 2 is 1.69 bits per heavy atom. The van der Waals surface area contributed by atoms with E-state index in [2.05, 4.69) is 34.9 Å². The Bertz CT molecular complexity index is 893. The molecule has 3 rings (SSSR count). The number of benzene rings is 2. The number of nitro groups is 1. The van der Waals surface area contributed by atoms with Crippen LogP contribution >= 0.6 is 11.8 Å². The number of hydrogen-bond donors (Lipinski definition) is 0. The maximum atomic E-state index is 10.8. The fourth-order valence-corrected chi connectivity index (χ4v) is 3.35. The number of rotatable bonds is 7. The summed E-state index contributed by atoms with van der Waals surface area (Å²) in [6.45, 7) is 0.684. The van der Waals surface area contributed by atoms with Gasteiger partial charge in [0.2, 0.25) is 5.03 Å². The highest BCUT2D eigenvalue weighted by molar-refractivity contribution is 7.99. The maximum Gasteiger partial charge on any atom is 0.269 e. The van der Waals surface area contributed by atoms with E-state index in [1.807, 2.05) is 48.7 Å². The van der Waals surface area contributed by atoms with Crippen LogP contribution < -0.4 is 4.57 Å². The lowest BCUT2D eigenvalue weighted by Crippen LogP contribution is -2.36. The van der Waals surface area contributed by atoms with Gasteiger partial charge >= 0.3 is 0 Å². The van der Waals surface area contributed by atoms with Gasteiger partial charge < -0.3 is 0 Å². The van der Waals surface area contributed by atoms with Crippen LogP contribution in [0.3, 0.4) is 0 Å². The minimum Gasteiger partial charge on any atom is -0.258 e. The molecule has 0 amide bonds. The molecule has 0 fully saturated rings. The van der Waals surface area contributed by atoms with Gasteiger partial charge in [0.25, 0.3) is 5.69 Å². The summed E-state index contributed by atoms with van der Waals surface area (Å²) >= 11 is 1.76. The highest BCUT2D eigenvalue weighted by Crippen LogP contribution is 2.16. The van der Waals surface area contributed by atoms with Crippen LogP contribution in [0.15, 0.2) is 90.1 Å². The van der Waals surface area contributed by atoms with Crippen LogP contribution in [0.5, 0.6) is 0 Å². The molecule has 0 bridgehead atoms. The van der Waals surface area contributed by atoms with Crippen LogP contribution in [0.2, 0.25) is 0 Å². The first-order valence-corrected chi connectivity index (χ1v) is 9.27. The predicted octanol–water partition coefficient (Wildman–Crippen LogP) is 4.74. The van der Waals surface area contributed by atoms with Gasteiger partial charge in [0.05, 0.1) is 4.92 Å². The number of pyridine rings is 1. The minimum absolute atomic E-state index is 0.118. The molecule has 0 saturated heterocycles. The Morgan fingerprint density at radius 1 is 0.962 bits per heavy atom. The van der Waals surface area contributed by atoms with Gasteiger partial charge in [-0.3, -0.25) is 10.1 Å². The Kier molecular flexibility index (Phi) is 6.17. The monoisotopic (exact) mass is 363 g/mol. The molecule has 0 aliphatic heterocycles. The van der Waals surface area contributed by atoms with Crippen molar-refractivity contribution in [1.29, 1.82) is 0 Å². The predicted molar refractivity (Wildman–Crippen MR) is 105 cm³/mol. The fourth-order valence-electron chi connectivity index (χ4n) is 2.52. The average Bonchev–Trinajstić information content (AvgIpc) is 2.68. The van der Waals surface area contributed by atoms with E-state index in [1.54, 1.807) is 23.9 Å². The Morgan fingerprint density at radius 3 is 2.42 bits per heavy atom. The quantitative estimate of drug-likeness (QED) is 0.264. The zero-order valence-electron chi connectivity index (χ0n) is 14.2. The van der Waals surface area contributed by atoms with Crippen molar-refractivity contribution in [1.82, 2.24) is 0 Å². The Hall–Kier alpha value is -2.92. The van der Waals surface area contributed by atoms with Gasteiger partial charge in [-0.1, -0.05) is 54.2 Å². The van der Waals surface area contributed by atoms with Gasteiger partial charge in [-0.2, -0.15) is 4.57 Å². The summed E-state index contributed by atoms with van der Waals surface area (Å²) in [5.74, 6) is 0.874. The van der Waals surface area contributed by atoms with Crippen molar-refractivity contribution in [2.45, 2.75) is 11.6 Å². The summed E-state index contributed by atoms with van der Waals surface area (Å²) in [5, 5.41) is 11.9. The van der Waals surface area contributed by atoms with Gasteiger partial charge in [0.1, 0.15) is 0 Å². The third kappa shape index (κ3) is 5.04. The molecule has 1 aromatic heterocycles. The normalized spacial score (nSPS) is 10.9. The van der Waals surface area contributed by atoms with E-state index < -0.39 is 0 Å². The largest absolute Gasteiger partial charge is 0.269 e. The molecular formula is C21H19N2O2S+. The molecule has 0 spiro atoms. The molecule has 0 saturated carbocycles. The topological polar surface area (TPSA) is 47.0 Å². The third-order valence-electron chi connectivity index (χ3n) is 3.84. The van der Waals surface area contributed by atoms with Gasteiger partial charge in [-0.05, 0) is 23.8 Å². The van der Waals surface area contributed by atoms with Crippen molar-refractivity contribution in [2.24, 2.45) is 0 Å². The molecule has 0 radical (unpaired) electrons. The standard InChI is InChI=1S/C21H19N2O2S/c24-23(25)20-13-11-19(12-14-20)17-22-15-5-4-10-21(22)26-16-6-9-18-7-2-1-3-8-18/h1-15H,16-17H2/q+1. The van der Waals surface area contributed by atoms with Crippen LogP contribution in [0.1, 0.15) is 11.1 Å². The van der Waals surface area contributed by atoms with Crippen LogP contribution in [0.25, 0.3) is 6.08 Å². The molecule has 0 N–H and O–H groups in total. The summed E-state index contributed by atoms with van der Waals surface area (Å²) < 4.78 is 2.15. The molecule has 26 heavy (non-hydrogen) atoms. The van der Waals surface area contributed by atoms with E-state index in [-0.39, 0.29) is 10.6 Å². The average molecular weight is 363 g/mol. The van der Waals surface area contributed by atoms with Crippen LogP contribution in [-0.2, 0) is 6.54 Å².